The largest absolute Gasteiger partial charge is 0.469 e. The molecule has 0 aromatic heterocycles. The summed E-state index contributed by atoms with van der Waals surface area (Å²) in [6.45, 7) is 0.774. The van der Waals surface area contributed by atoms with Gasteiger partial charge in [-0.2, -0.15) is 0 Å². The lowest BCUT2D eigenvalue weighted by Gasteiger charge is -2.07. The van der Waals surface area contributed by atoms with E-state index < -0.39 is 18.3 Å². The first-order valence-corrected chi connectivity index (χ1v) is 2.90. The van der Waals surface area contributed by atoms with E-state index in [1.165, 1.54) is 7.11 Å². The van der Waals surface area contributed by atoms with Gasteiger partial charge in [0.25, 0.3) is 0 Å². The van der Waals surface area contributed by atoms with Crippen LogP contribution < -0.4 is 0 Å². The molecule has 0 heterocycles. The minimum atomic E-state index is -2.77. The van der Waals surface area contributed by atoms with E-state index in [-0.39, 0.29) is 6.42 Å². The number of halogens is 2. The van der Waals surface area contributed by atoms with Crippen LogP contribution in [0.15, 0.2) is 0 Å². The normalized spacial score (nSPS) is 11.2. The van der Waals surface area contributed by atoms with Gasteiger partial charge in [0.1, 0.15) is 0 Å². The molecule has 0 aliphatic heterocycles. The summed E-state index contributed by atoms with van der Waals surface area (Å²) in [6.07, 6.45) is -0.667. The number of carbonyl (C=O) groups excluding carboxylic acids is 1. The molecule has 0 aliphatic rings. The number of rotatable bonds is 3. The average molecular weight is 152 g/mol. The highest BCUT2D eigenvalue weighted by molar-refractivity contribution is 5.69. The van der Waals surface area contributed by atoms with E-state index in [2.05, 4.69) is 4.74 Å². The Morgan fingerprint density at radius 1 is 1.60 bits per heavy atom. The van der Waals surface area contributed by atoms with Crippen LogP contribution in [0.4, 0.5) is 8.78 Å². The molecule has 0 spiro atoms. The highest BCUT2D eigenvalue weighted by Crippen LogP contribution is 2.18. The number of hydrogen-bond donors (Lipinski definition) is 0. The summed E-state index contributed by atoms with van der Waals surface area (Å²) in [6, 6.07) is 0. The number of hydrogen-bond acceptors (Lipinski definition) is 2. The van der Waals surface area contributed by atoms with Crippen LogP contribution in [0.1, 0.15) is 19.8 Å². The predicted molar refractivity (Wildman–Crippen MR) is 31.9 cm³/mol. The smallest absolute Gasteiger partial charge is 0.305 e. The predicted octanol–water partition coefficient (Wildman–Crippen LogP) is 1.59. The molecule has 10 heavy (non-hydrogen) atoms. The van der Waals surface area contributed by atoms with Crippen molar-refractivity contribution in [3.8, 4) is 0 Å². The molecule has 60 valence electrons. The number of methoxy groups -OCH3 is 1. The third-order valence-corrected chi connectivity index (χ3v) is 0.996. The van der Waals surface area contributed by atoms with Crippen LogP contribution in [0.5, 0.6) is 0 Å². The van der Waals surface area contributed by atoms with Gasteiger partial charge in [-0.15, -0.1) is 0 Å². The summed E-state index contributed by atoms with van der Waals surface area (Å²) in [5, 5.41) is 0. The Balaban J connectivity index is 3.46. The molecule has 0 fully saturated rings. The fraction of sp³-hybridized carbons (Fsp3) is 0.833. The Kier molecular flexibility index (Phi) is 3.25. The lowest BCUT2D eigenvalue weighted by molar-refractivity contribution is -0.142. The van der Waals surface area contributed by atoms with E-state index in [0.717, 1.165) is 6.92 Å². The average Bonchev–Trinajstić information content (AvgIpc) is 1.81. The second-order valence-electron chi connectivity index (χ2n) is 2.15. The van der Waals surface area contributed by atoms with Crippen LogP contribution in [0.3, 0.4) is 0 Å². The van der Waals surface area contributed by atoms with Crippen LogP contribution in [0.25, 0.3) is 0 Å². The van der Waals surface area contributed by atoms with Crippen LogP contribution in [-0.4, -0.2) is 19.0 Å². The Morgan fingerprint density at radius 3 is 2.40 bits per heavy atom. The number of alkyl halides is 2. The van der Waals surface area contributed by atoms with E-state index in [9.17, 15) is 13.6 Å². The zero-order valence-corrected chi connectivity index (χ0v) is 5.99. The molecular weight excluding hydrogens is 142 g/mol. The lowest BCUT2D eigenvalue weighted by atomic mass is 10.2. The van der Waals surface area contributed by atoms with Gasteiger partial charge in [-0.25, -0.2) is 8.78 Å². The van der Waals surface area contributed by atoms with Gasteiger partial charge < -0.3 is 4.74 Å². The van der Waals surface area contributed by atoms with Gasteiger partial charge in [-0.1, -0.05) is 0 Å². The molecule has 0 rings (SSSR count). The summed E-state index contributed by atoms with van der Waals surface area (Å²) in [5.74, 6) is -3.37. The molecule has 0 amide bonds. The summed E-state index contributed by atoms with van der Waals surface area (Å²) in [4.78, 5) is 10.3. The molecule has 0 atom stereocenters. The first-order valence-electron chi connectivity index (χ1n) is 2.90. The molecule has 0 saturated carbocycles. The van der Waals surface area contributed by atoms with Crippen LogP contribution in [-0.2, 0) is 9.53 Å². The molecule has 0 unspecified atom stereocenters. The number of carbonyl (C=O) groups is 1. The van der Waals surface area contributed by atoms with Crippen molar-refractivity contribution in [2.24, 2.45) is 0 Å². The maximum atomic E-state index is 12.0. The van der Waals surface area contributed by atoms with E-state index in [1.807, 2.05) is 0 Å². The molecule has 0 radical (unpaired) electrons. The highest BCUT2D eigenvalue weighted by atomic mass is 19.3. The lowest BCUT2D eigenvalue weighted by Crippen LogP contribution is -2.12. The zero-order valence-electron chi connectivity index (χ0n) is 5.99. The maximum absolute atomic E-state index is 12.0. The van der Waals surface area contributed by atoms with Gasteiger partial charge in [0, 0.05) is 6.42 Å². The molecular formula is C6H10F2O2. The molecule has 0 aliphatic carbocycles. The van der Waals surface area contributed by atoms with E-state index in [1.54, 1.807) is 0 Å². The van der Waals surface area contributed by atoms with Gasteiger partial charge in [0.05, 0.1) is 13.5 Å². The van der Waals surface area contributed by atoms with Crippen molar-refractivity contribution < 1.29 is 18.3 Å². The fourth-order valence-corrected chi connectivity index (χ4v) is 0.424. The van der Waals surface area contributed by atoms with Crippen LogP contribution in [0, 0.1) is 0 Å². The van der Waals surface area contributed by atoms with Gasteiger partial charge in [-0.3, -0.25) is 4.79 Å². The van der Waals surface area contributed by atoms with Gasteiger partial charge >= 0.3 is 5.97 Å². The van der Waals surface area contributed by atoms with Crippen LogP contribution >= 0.6 is 0 Å². The van der Waals surface area contributed by atoms with E-state index in [4.69, 9.17) is 0 Å². The van der Waals surface area contributed by atoms with E-state index in [0.29, 0.717) is 0 Å². The minimum absolute atomic E-state index is 0.222. The monoisotopic (exact) mass is 152 g/mol. The molecule has 0 bridgehead atoms. The van der Waals surface area contributed by atoms with E-state index >= 15 is 0 Å². The second kappa shape index (κ2) is 3.49. The fourth-order valence-electron chi connectivity index (χ4n) is 0.424. The second-order valence-corrected chi connectivity index (χ2v) is 2.15. The van der Waals surface area contributed by atoms with Crippen molar-refractivity contribution in [1.82, 2.24) is 0 Å². The van der Waals surface area contributed by atoms with Crippen molar-refractivity contribution >= 4 is 5.97 Å². The number of ether oxygens (including phenoxy) is 1. The van der Waals surface area contributed by atoms with Crippen molar-refractivity contribution in [2.75, 3.05) is 7.11 Å². The topological polar surface area (TPSA) is 26.3 Å². The SMILES string of the molecule is COC(=O)CCC(C)(F)F. The van der Waals surface area contributed by atoms with Gasteiger partial charge in [-0.05, 0) is 6.92 Å². The number of esters is 1. The Bertz CT molecular complexity index is 117. The summed E-state index contributed by atoms with van der Waals surface area (Å²) in [5.41, 5.74) is 0. The maximum Gasteiger partial charge on any atom is 0.305 e. The Labute approximate surface area is 58.2 Å². The van der Waals surface area contributed by atoms with Crippen LogP contribution in [0.2, 0.25) is 0 Å². The Hall–Kier alpha value is -0.670. The Morgan fingerprint density at radius 2 is 2.10 bits per heavy atom. The third-order valence-electron chi connectivity index (χ3n) is 0.996. The summed E-state index contributed by atoms with van der Waals surface area (Å²) < 4.78 is 28.2. The third kappa shape index (κ3) is 5.47. The van der Waals surface area contributed by atoms with Crippen molar-refractivity contribution in [1.29, 1.82) is 0 Å². The van der Waals surface area contributed by atoms with Crippen molar-refractivity contribution in [2.45, 2.75) is 25.7 Å². The molecule has 0 N–H and O–H groups in total. The highest BCUT2D eigenvalue weighted by Gasteiger charge is 2.22. The standard InChI is InChI=1S/C6H10F2O2/c1-6(7,8)4-3-5(9)10-2/h3-4H2,1-2H3. The summed E-state index contributed by atoms with van der Waals surface area (Å²) >= 11 is 0. The quantitative estimate of drug-likeness (QED) is 0.574. The first kappa shape index (κ1) is 9.33. The molecule has 0 saturated heterocycles. The van der Waals surface area contributed by atoms with Gasteiger partial charge in [0.2, 0.25) is 5.92 Å². The van der Waals surface area contributed by atoms with Crippen molar-refractivity contribution in [3.05, 3.63) is 0 Å². The first-order chi connectivity index (χ1) is 4.45. The summed E-state index contributed by atoms with van der Waals surface area (Å²) in [7, 11) is 1.18. The minimum Gasteiger partial charge on any atom is -0.469 e. The van der Waals surface area contributed by atoms with Crippen molar-refractivity contribution in [3.63, 3.8) is 0 Å². The van der Waals surface area contributed by atoms with Gasteiger partial charge in [0.15, 0.2) is 0 Å². The molecule has 2 nitrogen and oxygen atoms in total. The zero-order chi connectivity index (χ0) is 8.20. The molecule has 0 aromatic carbocycles. The molecule has 4 heteroatoms. The molecule has 0 aromatic rings.